The lowest BCUT2D eigenvalue weighted by atomic mass is 10.0. The number of carbonyl (C=O) groups excluding carboxylic acids is 1. The molecule has 1 fully saturated rings. The van der Waals surface area contributed by atoms with E-state index >= 15 is 0 Å². The highest BCUT2D eigenvalue weighted by Gasteiger charge is 2.35. The molecular formula is C14H20ClN3O. The molecule has 0 atom stereocenters. The molecule has 2 rings (SSSR count). The summed E-state index contributed by atoms with van der Waals surface area (Å²) in [6.45, 7) is 7.56. The van der Waals surface area contributed by atoms with Crippen molar-refractivity contribution in [1.29, 1.82) is 0 Å². The molecule has 1 heterocycles. The topological polar surface area (TPSA) is 44.4 Å². The fraction of sp³-hybridized carbons (Fsp3) is 0.500. The van der Waals surface area contributed by atoms with Crippen LogP contribution in [0.1, 0.15) is 13.8 Å². The second kappa shape index (κ2) is 5.90. The van der Waals surface area contributed by atoms with E-state index in [1.807, 2.05) is 26.0 Å². The normalized spacial score (nSPS) is 17.2. The van der Waals surface area contributed by atoms with E-state index in [0.717, 1.165) is 31.9 Å². The zero-order valence-corrected chi connectivity index (χ0v) is 12.1. The van der Waals surface area contributed by atoms with Crippen molar-refractivity contribution >= 4 is 23.2 Å². The molecule has 0 aromatic heterocycles. The molecule has 1 amide bonds. The van der Waals surface area contributed by atoms with E-state index in [-0.39, 0.29) is 5.91 Å². The lowest BCUT2D eigenvalue weighted by Crippen LogP contribution is -2.58. The molecule has 0 bridgehead atoms. The molecule has 0 aliphatic carbocycles. The molecule has 1 aliphatic heterocycles. The molecular weight excluding hydrogens is 262 g/mol. The van der Waals surface area contributed by atoms with Gasteiger partial charge in [-0.1, -0.05) is 11.6 Å². The molecule has 0 spiro atoms. The summed E-state index contributed by atoms with van der Waals surface area (Å²) in [6, 6.07) is 7.17. The van der Waals surface area contributed by atoms with Gasteiger partial charge in [0.2, 0.25) is 5.91 Å². The smallest absolute Gasteiger partial charge is 0.244 e. The van der Waals surface area contributed by atoms with E-state index in [1.165, 1.54) is 0 Å². The minimum absolute atomic E-state index is 0.0109. The Morgan fingerprint density at radius 3 is 2.42 bits per heavy atom. The standard InChI is InChI=1S/C14H20ClN3O/c1-14(2,18-9-7-16-8-10-18)13(19)17-12-5-3-11(15)4-6-12/h3-6,16H,7-10H2,1-2H3,(H,17,19). The van der Waals surface area contributed by atoms with Crippen molar-refractivity contribution in [2.75, 3.05) is 31.5 Å². The SMILES string of the molecule is CC(C)(C(=O)Nc1ccc(Cl)cc1)N1CCNCC1. The second-order valence-corrected chi connectivity index (χ2v) is 5.69. The Morgan fingerprint density at radius 2 is 1.84 bits per heavy atom. The first-order chi connectivity index (χ1) is 9.00. The maximum absolute atomic E-state index is 12.4. The van der Waals surface area contributed by atoms with Gasteiger partial charge in [-0.3, -0.25) is 9.69 Å². The highest BCUT2D eigenvalue weighted by Crippen LogP contribution is 2.19. The third-order valence-corrected chi connectivity index (χ3v) is 3.82. The molecule has 0 radical (unpaired) electrons. The number of nitrogens with zero attached hydrogens (tertiary/aromatic N) is 1. The first-order valence-corrected chi connectivity index (χ1v) is 6.91. The van der Waals surface area contributed by atoms with Gasteiger partial charge in [-0.05, 0) is 38.1 Å². The van der Waals surface area contributed by atoms with Gasteiger partial charge in [0.05, 0.1) is 5.54 Å². The van der Waals surface area contributed by atoms with Crippen LogP contribution in [-0.4, -0.2) is 42.5 Å². The number of benzene rings is 1. The Morgan fingerprint density at radius 1 is 1.26 bits per heavy atom. The molecule has 1 aromatic rings. The Hall–Kier alpha value is -1.10. The van der Waals surface area contributed by atoms with E-state index in [4.69, 9.17) is 11.6 Å². The molecule has 0 unspecified atom stereocenters. The van der Waals surface area contributed by atoms with Crippen LogP contribution in [0.3, 0.4) is 0 Å². The van der Waals surface area contributed by atoms with Crippen molar-refractivity contribution in [2.45, 2.75) is 19.4 Å². The molecule has 104 valence electrons. The first-order valence-electron chi connectivity index (χ1n) is 6.53. The van der Waals surface area contributed by atoms with Crippen LogP contribution in [0.2, 0.25) is 5.02 Å². The summed E-state index contributed by atoms with van der Waals surface area (Å²) in [5.41, 5.74) is 0.263. The zero-order valence-electron chi connectivity index (χ0n) is 11.4. The Bertz CT molecular complexity index is 439. The van der Waals surface area contributed by atoms with Gasteiger partial charge in [0, 0.05) is 36.9 Å². The van der Waals surface area contributed by atoms with Crippen LogP contribution >= 0.6 is 11.6 Å². The van der Waals surface area contributed by atoms with Crippen molar-refractivity contribution in [3.8, 4) is 0 Å². The number of carbonyl (C=O) groups is 1. The molecule has 1 aromatic carbocycles. The lowest BCUT2D eigenvalue weighted by molar-refractivity contribution is -0.126. The van der Waals surface area contributed by atoms with Crippen LogP contribution in [0.5, 0.6) is 0 Å². The van der Waals surface area contributed by atoms with Crippen LogP contribution in [0.4, 0.5) is 5.69 Å². The van der Waals surface area contributed by atoms with Crippen LogP contribution in [0.15, 0.2) is 24.3 Å². The Balaban J connectivity index is 2.03. The summed E-state index contributed by atoms with van der Waals surface area (Å²) in [6.07, 6.45) is 0. The van der Waals surface area contributed by atoms with Gasteiger partial charge in [0.1, 0.15) is 0 Å². The maximum atomic E-state index is 12.4. The van der Waals surface area contributed by atoms with Gasteiger partial charge in [0.15, 0.2) is 0 Å². The summed E-state index contributed by atoms with van der Waals surface area (Å²) < 4.78 is 0. The fourth-order valence-corrected chi connectivity index (χ4v) is 2.31. The number of piperazine rings is 1. The average Bonchev–Trinajstić information content (AvgIpc) is 2.42. The van der Waals surface area contributed by atoms with Gasteiger partial charge in [0.25, 0.3) is 0 Å². The number of anilines is 1. The monoisotopic (exact) mass is 281 g/mol. The largest absolute Gasteiger partial charge is 0.324 e. The maximum Gasteiger partial charge on any atom is 0.244 e. The number of nitrogens with one attached hydrogen (secondary N) is 2. The van der Waals surface area contributed by atoms with Crippen LogP contribution in [0.25, 0.3) is 0 Å². The van der Waals surface area contributed by atoms with E-state index < -0.39 is 5.54 Å². The molecule has 5 heteroatoms. The van der Waals surface area contributed by atoms with Gasteiger partial charge in [-0.2, -0.15) is 0 Å². The summed E-state index contributed by atoms with van der Waals surface area (Å²) >= 11 is 5.83. The molecule has 1 aliphatic rings. The summed E-state index contributed by atoms with van der Waals surface area (Å²) in [5, 5.41) is 6.91. The number of hydrogen-bond donors (Lipinski definition) is 2. The minimum Gasteiger partial charge on any atom is -0.324 e. The minimum atomic E-state index is -0.512. The third kappa shape index (κ3) is 3.47. The van der Waals surface area contributed by atoms with Crippen molar-refractivity contribution in [3.05, 3.63) is 29.3 Å². The van der Waals surface area contributed by atoms with Crippen molar-refractivity contribution in [1.82, 2.24) is 10.2 Å². The highest BCUT2D eigenvalue weighted by atomic mass is 35.5. The summed E-state index contributed by atoms with van der Waals surface area (Å²) in [4.78, 5) is 14.6. The second-order valence-electron chi connectivity index (χ2n) is 5.26. The number of hydrogen-bond acceptors (Lipinski definition) is 3. The van der Waals surface area contributed by atoms with Crippen molar-refractivity contribution in [2.24, 2.45) is 0 Å². The van der Waals surface area contributed by atoms with E-state index in [9.17, 15) is 4.79 Å². The van der Waals surface area contributed by atoms with Gasteiger partial charge in [-0.25, -0.2) is 0 Å². The molecule has 19 heavy (non-hydrogen) atoms. The lowest BCUT2D eigenvalue weighted by Gasteiger charge is -2.39. The predicted octanol–water partition coefficient (Wildman–Crippen LogP) is 1.96. The average molecular weight is 282 g/mol. The number of rotatable bonds is 3. The molecule has 1 saturated heterocycles. The van der Waals surface area contributed by atoms with E-state index in [1.54, 1.807) is 12.1 Å². The summed E-state index contributed by atoms with van der Waals surface area (Å²) in [5.74, 6) is 0.0109. The van der Waals surface area contributed by atoms with Crippen LogP contribution < -0.4 is 10.6 Å². The predicted molar refractivity (Wildman–Crippen MR) is 78.6 cm³/mol. The fourth-order valence-electron chi connectivity index (χ4n) is 2.18. The van der Waals surface area contributed by atoms with Crippen molar-refractivity contribution in [3.63, 3.8) is 0 Å². The highest BCUT2D eigenvalue weighted by molar-refractivity contribution is 6.30. The number of amides is 1. The molecule has 0 saturated carbocycles. The van der Waals surface area contributed by atoms with Gasteiger partial charge >= 0.3 is 0 Å². The molecule has 4 nitrogen and oxygen atoms in total. The van der Waals surface area contributed by atoms with E-state index in [2.05, 4.69) is 15.5 Å². The van der Waals surface area contributed by atoms with E-state index in [0.29, 0.717) is 5.02 Å². The van der Waals surface area contributed by atoms with Gasteiger partial charge in [-0.15, -0.1) is 0 Å². The summed E-state index contributed by atoms with van der Waals surface area (Å²) in [7, 11) is 0. The zero-order chi connectivity index (χ0) is 13.9. The first kappa shape index (κ1) is 14.3. The third-order valence-electron chi connectivity index (χ3n) is 3.57. The molecule has 2 N–H and O–H groups in total. The van der Waals surface area contributed by atoms with Crippen LogP contribution in [0, 0.1) is 0 Å². The Kier molecular flexibility index (Phi) is 4.45. The Labute approximate surface area is 119 Å². The van der Waals surface area contributed by atoms with Gasteiger partial charge < -0.3 is 10.6 Å². The number of halogens is 1. The van der Waals surface area contributed by atoms with Crippen molar-refractivity contribution < 1.29 is 4.79 Å². The quantitative estimate of drug-likeness (QED) is 0.890. The van der Waals surface area contributed by atoms with Crippen LogP contribution in [-0.2, 0) is 4.79 Å².